The van der Waals surface area contributed by atoms with Crippen molar-refractivity contribution >= 4 is 112 Å². The molecule has 6 saturated heterocycles. The molecule has 386 valence electrons. The van der Waals surface area contributed by atoms with Crippen LogP contribution in [0.15, 0.2) is 0 Å². The van der Waals surface area contributed by atoms with Crippen LogP contribution >= 0.6 is 0 Å². The summed E-state index contributed by atoms with van der Waals surface area (Å²) in [7, 11) is -20.7. The zero-order chi connectivity index (χ0) is 52.4. The Bertz CT molecular complexity index is 2930. The van der Waals surface area contributed by atoms with Crippen LogP contribution in [0.25, 0.3) is 0 Å². The Hall–Kier alpha value is -3.13. The van der Waals surface area contributed by atoms with Gasteiger partial charge in [-0.1, -0.05) is 6.92 Å². The number of fused-ring (bicyclic) bond motifs is 3. The molecule has 7 saturated carbocycles. The van der Waals surface area contributed by atoms with Crippen LogP contribution in [0.2, 0.25) is 0 Å². The van der Waals surface area contributed by atoms with E-state index in [4.69, 9.17) is 0 Å². The van der Waals surface area contributed by atoms with Crippen molar-refractivity contribution in [3.8, 4) is 0 Å². The Morgan fingerprint density at radius 1 is 0.347 bits per heavy atom. The van der Waals surface area contributed by atoms with Crippen LogP contribution in [-0.4, -0.2) is 145 Å². The van der Waals surface area contributed by atoms with Crippen molar-refractivity contribution in [1.82, 2.24) is 0 Å². The van der Waals surface area contributed by atoms with Crippen LogP contribution in [0.1, 0.15) is 26.2 Å². The molecule has 13 fully saturated rings. The Balaban J connectivity index is 0.000000203. The minimum Gasteiger partial charge on any atom is -0.748 e. The minimum atomic E-state index is -5.52. The first kappa shape index (κ1) is 62.7. The average molecular weight is 1110 g/mol. The summed E-state index contributed by atoms with van der Waals surface area (Å²) in [4.78, 5) is 142. The molecule has 0 aromatic heterocycles. The number of hydrogen-bond donors (Lipinski definition) is 0. The molecule has 17 unspecified atom stereocenters. The van der Waals surface area contributed by atoms with E-state index in [-0.39, 0.29) is 94.7 Å². The molecule has 13 aliphatic rings. The van der Waals surface area contributed by atoms with Gasteiger partial charge >= 0.3 is 147 Å². The molecule has 38 heteroatoms. The first-order valence-electron chi connectivity index (χ1n) is 21.0. The molecule has 13 rings (SSSR count). The fourth-order valence-corrected chi connectivity index (χ4v) is 19.7. The Kier molecular flexibility index (Phi) is 17.4. The molecule has 0 aromatic rings. The number of carbonyl (C=O) groups is 12. The Morgan fingerprint density at radius 2 is 0.653 bits per heavy atom. The Morgan fingerprint density at radius 3 is 0.973 bits per heavy atom. The van der Waals surface area contributed by atoms with Crippen LogP contribution in [-0.2, 0) is 126 Å². The van der Waals surface area contributed by atoms with E-state index in [1.54, 1.807) is 0 Å². The van der Waals surface area contributed by atoms with E-state index in [1.165, 1.54) is 6.92 Å². The van der Waals surface area contributed by atoms with Crippen LogP contribution in [0.4, 0.5) is 0 Å². The fourth-order valence-electron chi connectivity index (χ4n) is 13.8. The SMILES string of the molecule is CC1C2C(=O)OC(=O)C2CC(C2CC(=O)OC2=O)C1S(=O)(=O)[O-].O=C1OC(=O)C2C1C1C3C(=O)OC(=O)C3C2C(S(=O)(=O)[O-])C1S(=O)(=O)[O-].O=C1OC(=O)C2C1C1CC(S(=O)(=O)[O-])C2C2C(=O)OC(=O)C12.[Li+].[Li+].[Li+].[Li+]. The summed E-state index contributed by atoms with van der Waals surface area (Å²) < 4.78 is 167. The smallest absolute Gasteiger partial charge is 0.748 e. The summed E-state index contributed by atoms with van der Waals surface area (Å²) in [5.41, 5.74) is 0. The summed E-state index contributed by atoms with van der Waals surface area (Å²) in [6.07, 6.45) is -0.773. The predicted octanol–water partition coefficient (Wildman–Crippen LogP) is -18.1. The quantitative estimate of drug-likeness (QED) is 0.0811. The second kappa shape index (κ2) is 20.8. The third-order valence-corrected chi connectivity index (χ3v) is 21.4. The standard InChI is InChI=1S/C13H14O9S.C12H10O12S2.C12H10O9S.4Li/c1-4-9-7(12(16)22-13(9)17)2-5(10(4)23(18,19)20)6-3-8(14)21-11(6)15;13-9-3-1-4-6(12(16)24-10(4)14)2(5(3)11(15)23-9)8(26(20,21)22)7(1)25(17,18)19;13-9-4-2-1-3(22(17,18)19)6(7(4)11(15)20-9)8-5(2)10(14)21-12(8)16;;;;/h4-7,9-10H,2-3H2,1H3,(H,18,19,20);1-8H,(H,17,18,19)(H,20,21,22);2-8H,1H2,(H,17,18,19);;;;/q;;;4*+1/p-4. The summed E-state index contributed by atoms with van der Waals surface area (Å²) in [5, 5.41) is -8.02. The Labute approximate surface area is 469 Å². The van der Waals surface area contributed by atoms with Crippen molar-refractivity contribution in [2.45, 2.75) is 47.2 Å². The van der Waals surface area contributed by atoms with Crippen LogP contribution in [0.5, 0.6) is 0 Å². The second-order valence-electron chi connectivity index (χ2n) is 18.9. The molecule has 0 amide bonds. The van der Waals surface area contributed by atoms with Gasteiger partial charge in [-0.25, -0.2) is 33.7 Å². The van der Waals surface area contributed by atoms with E-state index in [0.29, 0.717) is 0 Å². The molecule has 6 aliphatic heterocycles. The van der Waals surface area contributed by atoms with Gasteiger partial charge in [0.1, 0.15) is 0 Å². The van der Waals surface area contributed by atoms with Gasteiger partial charge in [0, 0.05) is 17.8 Å². The summed E-state index contributed by atoms with van der Waals surface area (Å²) in [6.45, 7) is 1.37. The minimum absolute atomic E-state index is 0. The number of carbonyl (C=O) groups excluding carboxylic acids is 12. The van der Waals surface area contributed by atoms with Crippen LogP contribution < -0.4 is 75.4 Å². The van der Waals surface area contributed by atoms with Crippen molar-refractivity contribution in [3.63, 3.8) is 0 Å². The van der Waals surface area contributed by atoms with E-state index in [9.17, 15) is 109 Å². The van der Waals surface area contributed by atoms with Gasteiger partial charge in [0.25, 0.3) is 0 Å². The van der Waals surface area contributed by atoms with Crippen molar-refractivity contribution in [3.05, 3.63) is 0 Å². The van der Waals surface area contributed by atoms with Gasteiger partial charge in [0.05, 0.1) is 133 Å². The van der Waals surface area contributed by atoms with E-state index in [1.807, 2.05) is 0 Å². The van der Waals surface area contributed by atoms with E-state index in [0.717, 1.165) is 0 Å². The molecule has 0 aromatic carbocycles. The predicted molar refractivity (Wildman–Crippen MR) is 199 cm³/mol. The molecule has 4 bridgehead atoms. The van der Waals surface area contributed by atoms with Gasteiger partial charge in [-0.2, -0.15) is 0 Å². The first-order chi connectivity index (χ1) is 32.7. The molecule has 75 heavy (non-hydrogen) atoms. The first-order valence-corrected chi connectivity index (χ1v) is 26.9. The van der Waals surface area contributed by atoms with Crippen molar-refractivity contribution < 1.29 is 213 Å². The van der Waals surface area contributed by atoms with Crippen LogP contribution in [0.3, 0.4) is 0 Å². The number of ether oxygens (including phenoxy) is 6. The normalized spacial score (nSPS) is 41.5. The number of cyclic esters (lactones) is 12. The van der Waals surface area contributed by atoms with Gasteiger partial charge < -0.3 is 46.6 Å². The molecule has 0 spiro atoms. The van der Waals surface area contributed by atoms with Gasteiger partial charge in [0.15, 0.2) is 0 Å². The van der Waals surface area contributed by atoms with E-state index >= 15 is 0 Å². The molecule has 6 heterocycles. The zero-order valence-corrected chi connectivity index (χ0v) is 42.4. The van der Waals surface area contributed by atoms with E-state index in [2.05, 4.69) is 28.4 Å². The van der Waals surface area contributed by atoms with Gasteiger partial charge in [-0.05, 0) is 30.6 Å². The average Bonchev–Trinajstić information content (AvgIpc) is 4.06. The molecule has 0 N–H and O–H groups in total. The second-order valence-corrected chi connectivity index (χ2v) is 25.1. The third-order valence-electron chi connectivity index (χ3n) is 16.0. The molecule has 7 aliphatic carbocycles. The summed E-state index contributed by atoms with van der Waals surface area (Å²) in [5.74, 6) is -33.8. The van der Waals surface area contributed by atoms with Crippen molar-refractivity contribution in [2.24, 2.45) is 101 Å². The maximum Gasteiger partial charge on any atom is 1.00 e. The largest absolute Gasteiger partial charge is 1.00 e. The molecule has 30 nitrogen and oxygen atoms in total. The zero-order valence-electron chi connectivity index (χ0n) is 39.1. The maximum absolute atomic E-state index is 12.0. The summed E-state index contributed by atoms with van der Waals surface area (Å²) >= 11 is 0. The van der Waals surface area contributed by atoms with Crippen molar-refractivity contribution in [2.75, 3.05) is 0 Å². The number of hydrogen-bond acceptors (Lipinski definition) is 30. The van der Waals surface area contributed by atoms with Gasteiger partial charge in [-0.3, -0.25) is 57.5 Å². The van der Waals surface area contributed by atoms with Crippen LogP contribution in [0, 0.1) is 101 Å². The third kappa shape index (κ3) is 9.84. The maximum atomic E-state index is 12.0. The fraction of sp³-hybridized carbons (Fsp3) is 0.676. The number of esters is 12. The van der Waals surface area contributed by atoms with Gasteiger partial charge in [0.2, 0.25) is 0 Å². The monoisotopic (exact) mass is 1110 g/mol. The molecule has 17 atom stereocenters. The molecular formula is C37H30Li4O30S4. The molecule has 0 radical (unpaired) electrons. The number of rotatable bonds is 5. The summed E-state index contributed by atoms with van der Waals surface area (Å²) in [6, 6.07) is 0. The topological polar surface area (TPSA) is 489 Å². The van der Waals surface area contributed by atoms with Gasteiger partial charge in [-0.15, -0.1) is 0 Å². The van der Waals surface area contributed by atoms with Crippen molar-refractivity contribution in [1.29, 1.82) is 0 Å². The molecular weight excluding hydrogens is 1080 g/mol. The van der Waals surface area contributed by atoms with E-state index < -0.39 is 234 Å².